The number of fused-ring (bicyclic) bond motifs is 10. The number of aliphatic imine (C=N–C) groups is 1. The van der Waals surface area contributed by atoms with E-state index in [1.54, 1.807) is 42.7 Å². The van der Waals surface area contributed by atoms with E-state index in [9.17, 15) is 4.79 Å². The maximum absolute atomic E-state index is 10.0. The summed E-state index contributed by atoms with van der Waals surface area (Å²) >= 11 is 0. The van der Waals surface area contributed by atoms with Crippen LogP contribution in [0.15, 0.2) is 460 Å². The molecule has 0 spiro atoms. The Bertz CT molecular complexity index is 6550. The number of amidine groups is 2. The molecule has 14 nitrogen and oxygen atoms in total. The number of hydrogen-bond acceptors (Lipinski definition) is 10. The van der Waals surface area contributed by atoms with E-state index in [1.807, 2.05) is 176 Å². The van der Waals surface area contributed by atoms with Crippen LogP contribution in [-0.4, -0.2) is 65.1 Å². The van der Waals surface area contributed by atoms with Gasteiger partial charge in [-0.25, -0.2) is 37.5 Å². The number of aliphatic hydroxyl groups excluding tert-OH is 1. The van der Waals surface area contributed by atoms with Gasteiger partial charge < -0.3 is 61.2 Å². The molecular weight excluding hydrogens is 2110 g/mol. The smallest absolute Gasteiger partial charge is 0.774 e. The zero-order valence-corrected chi connectivity index (χ0v) is 86.5. The maximum atomic E-state index is 10.0. The minimum Gasteiger partial charge on any atom is -0.774 e. The van der Waals surface area contributed by atoms with Crippen LogP contribution >= 0.6 is 25.1 Å². The first-order chi connectivity index (χ1) is 66.5. The van der Waals surface area contributed by atoms with Crippen molar-refractivity contribution in [2.45, 2.75) is 45.9 Å². The summed E-state index contributed by atoms with van der Waals surface area (Å²) in [6.45, 7) is 19.3. The van der Waals surface area contributed by atoms with E-state index in [0.29, 0.717) is 38.1 Å². The number of ketones is 1. The average Bonchev–Trinajstić information content (AvgIpc) is 1.50. The van der Waals surface area contributed by atoms with Crippen molar-refractivity contribution in [3.05, 3.63) is 532 Å². The Labute approximate surface area is 877 Å². The molecule has 0 amide bonds. The van der Waals surface area contributed by atoms with Gasteiger partial charge in [0.15, 0.2) is 11.5 Å². The first-order valence-corrected chi connectivity index (χ1v) is 48.8. The van der Waals surface area contributed by atoms with Gasteiger partial charge in [0, 0.05) is 116 Å². The van der Waals surface area contributed by atoms with Crippen molar-refractivity contribution in [2.24, 2.45) is 10.9 Å². The molecule has 0 fully saturated rings. The number of rotatable bonds is 18. The van der Waals surface area contributed by atoms with Crippen molar-refractivity contribution in [3.8, 4) is 22.8 Å². The molecule has 140 heavy (non-hydrogen) atoms. The Morgan fingerprint density at radius 3 is 1.36 bits per heavy atom. The monoisotopic (exact) mass is 2220 g/mol. The van der Waals surface area contributed by atoms with Gasteiger partial charge in [0.1, 0.15) is 41.9 Å². The third-order valence-electron chi connectivity index (χ3n) is 22.3. The Balaban J connectivity index is 0.000000172. The van der Waals surface area contributed by atoms with Crippen molar-refractivity contribution < 1.29 is 86.9 Å². The molecule has 0 saturated heterocycles. The molecule has 21 rings (SSSR count). The number of pyridine rings is 2. The number of aromatic nitrogens is 2. The SMILES string of the molecule is CC(=O)/C=C(/C)O.CN1c2ccccc2N2c3cccc4c3C(C12)C1N(C)c2ccccc2N41.N=C(N=C([NH-])c1ccccn1)c1ccccc1.[CH2-]c1ccccc1[N-]c1ccccc1PCC(C)C.[CH2-]c1ccccc1[N-]c1ccccc1[CH2-].[Cu+].[Cu].[Cu].[Pt].[c-]1ccccc1-c1ccccn1.c1ccc(Pc2ccccc2Oc2ccccc2[PH+](c2ccccc2)c2ccccc2)cc1.c1ccccc1. The number of hydrogen-bond donors (Lipinski definition) is 2. The molecule has 0 aliphatic carbocycles. The third kappa shape index (κ3) is 29.2. The fourth-order valence-corrected chi connectivity index (χ4v) is 21.0. The third-order valence-corrected chi connectivity index (χ3v) is 28.2. The summed E-state index contributed by atoms with van der Waals surface area (Å²) in [5.74, 6) is 3.02. The van der Waals surface area contributed by atoms with Crippen LogP contribution in [0.25, 0.3) is 27.6 Å². The van der Waals surface area contributed by atoms with Crippen molar-refractivity contribution in [1.82, 2.24) is 9.97 Å². The van der Waals surface area contributed by atoms with Crippen LogP contribution in [0.3, 0.4) is 0 Å². The Hall–Kier alpha value is -13.3. The number of carbonyl (C=O) groups is 1. The predicted molar refractivity (Wildman–Crippen MR) is 580 cm³/mol. The molecule has 4 unspecified atom stereocenters. The quantitative estimate of drug-likeness (QED) is 0.0161. The van der Waals surface area contributed by atoms with Gasteiger partial charge in [-0.1, -0.05) is 286 Å². The molecule has 0 bridgehead atoms. The van der Waals surface area contributed by atoms with E-state index in [4.69, 9.17) is 26.3 Å². The second-order valence-electron chi connectivity index (χ2n) is 32.5. The molecule has 6 heterocycles. The van der Waals surface area contributed by atoms with Crippen LogP contribution in [0.1, 0.15) is 67.1 Å². The topological polar surface area (TPSA) is 173 Å². The zero-order chi connectivity index (χ0) is 94.9. The van der Waals surface area contributed by atoms with Crippen LogP contribution in [0.4, 0.5) is 56.9 Å². The summed E-state index contributed by atoms with van der Waals surface area (Å²) in [4.78, 5) is 32.2. The molecule has 21 heteroatoms. The molecule has 2 radical (unpaired) electrons. The summed E-state index contributed by atoms with van der Waals surface area (Å²) in [6, 6.07) is 149. The van der Waals surface area contributed by atoms with Gasteiger partial charge in [-0.2, -0.15) is 18.2 Å². The predicted octanol–water partition coefficient (Wildman–Crippen LogP) is 27.9. The first kappa shape index (κ1) is 109. The van der Waals surface area contributed by atoms with Gasteiger partial charge in [0.05, 0.1) is 40.1 Å². The van der Waals surface area contributed by atoms with Gasteiger partial charge in [0.2, 0.25) is 0 Å². The molecule has 0 saturated carbocycles. The van der Waals surface area contributed by atoms with Gasteiger partial charge in [-0.3, -0.25) is 26.8 Å². The molecular formula is C119H110Cu3N11O3P3Pt-5. The number of likely N-dealkylation sites (N-methyl/N-ethyl adjacent to an activating group) is 2. The Morgan fingerprint density at radius 1 is 0.486 bits per heavy atom. The summed E-state index contributed by atoms with van der Waals surface area (Å²) < 4.78 is 6.67. The van der Waals surface area contributed by atoms with E-state index < -0.39 is 7.92 Å². The number of para-hydroxylation sites is 10. The van der Waals surface area contributed by atoms with Crippen LogP contribution in [0.5, 0.6) is 11.5 Å². The largest absolute Gasteiger partial charge is 1.00 e. The summed E-state index contributed by atoms with van der Waals surface area (Å²) in [6.07, 6.45) is 6.43. The van der Waals surface area contributed by atoms with Crippen molar-refractivity contribution in [3.63, 3.8) is 0 Å². The average molecular weight is 2220 g/mol. The number of carbonyl (C=O) groups excluding carboxylic acids is 1. The van der Waals surface area contributed by atoms with Crippen LogP contribution in [-0.2, 0) is 77.1 Å². The number of aliphatic hydroxyl groups is 1. The summed E-state index contributed by atoms with van der Waals surface area (Å²) in [7, 11) is 4.65. The Morgan fingerprint density at radius 2 is 0.893 bits per heavy atom. The molecule has 4 aliphatic rings. The number of nitrogens with one attached hydrogen (secondary N) is 2. The van der Waals surface area contributed by atoms with Gasteiger partial charge in [-0.15, -0.1) is 78.0 Å². The number of anilines is 6. The number of ether oxygens (including phenoxy) is 1. The van der Waals surface area contributed by atoms with Crippen LogP contribution < -0.4 is 56.2 Å². The molecule has 4 aliphatic heterocycles. The minimum atomic E-state index is -1.22. The maximum Gasteiger partial charge on any atom is 1.00 e. The van der Waals surface area contributed by atoms with E-state index >= 15 is 0 Å². The summed E-state index contributed by atoms with van der Waals surface area (Å²) in [5.41, 5.74) is 27.2. The number of allylic oxidation sites excluding steroid dienone is 2. The van der Waals surface area contributed by atoms with Gasteiger partial charge in [-0.05, 0) is 151 Å². The standard InChI is InChI=1S/C30H24OP2.C23H20N4.C17H20NP.C14H12N.C13H11N4.C11H8N.C6H6.C5H8O2.3Cu.Pt/c1-4-14-24(15-5-1)32-29-22-12-10-20-27(29)31-28-21-11-13-23-30(28)33(25-16-6-2-7-17-25)26-18-8-3-9-19-26;1-24-14-8-3-5-10-16(14)26-18-12-7-13-19-20(18)21(22(24)26)23-25(2)15-9-4-6-11-17(15)27(19)23;1-13(2)12-19-17-11-7-6-10-16(17)18-15-9-5-4-8-14(15)3;1-11-7-3-5-9-13(11)15-14-10-6-4-8-12(14)2;14-12(10-6-2-1-3-7-10)17-13(15)11-8-4-5-9-16-11;1-2-6-10(7-3-1)11-8-4-5-9-12-11;1-2-4-6-5-3-1;1-4(6)3-5(2)7;;;;/h1-23,32H;3-13,21-23H,1-2H3;4-11,13,19H,3,12H2,1-2H3;3-10H,1-2H2;1-9H,(H2-,14,15,17);1-6,8-9H;1-6H;3,6H,1-2H3;;;;/q;;-2;-3;2*-1;;;;;+1;/p+1/b;;;;;;;4-3-;;;;. The van der Waals surface area contributed by atoms with Gasteiger partial charge >= 0.3 is 17.1 Å². The van der Waals surface area contributed by atoms with Gasteiger partial charge in [0.25, 0.3) is 0 Å². The fraction of sp³-hybridized carbons (Fsp3) is 0.0924. The van der Waals surface area contributed by atoms with Crippen molar-refractivity contribution in [1.29, 1.82) is 5.41 Å². The molecule has 17 aromatic rings. The minimum absolute atomic E-state index is 0. The van der Waals surface area contributed by atoms with E-state index in [1.165, 1.54) is 97.6 Å². The van der Waals surface area contributed by atoms with E-state index in [-0.39, 0.29) is 95.5 Å². The second-order valence-corrected chi connectivity index (χ2v) is 37.6. The van der Waals surface area contributed by atoms with E-state index in [2.05, 4.69) is 319 Å². The second kappa shape index (κ2) is 55.5. The number of benzene rings is 15. The molecule has 4 atom stereocenters. The summed E-state index contributed by atoms with van der Waals surface area (Å²) in [5, 5.41) is 33.2. The molecule has 15 aromatic carbocycles. The van der Waals surface area contributed by atoms with Crippen LogP contribution in [0, 0.1) is 38.2 Å². The first-order valence-electron chi connectivity index (χ1n) is 45.1. The zero-order valence-electron chi connectivity index (χ0n) is 78.4. The number of nitrogens with zero attached hydrogens (tertiary/aromatic N) is 9. The normalized spacial score (nSPS) is 13.2. The van der Waals surface area contributed by atoms with Crippen LogP contribution in [0.2, 0.25) is 0 Å². The fourth-order valence-electron chi connectivity index (χ4n) is 16.1. The Kier molecular flexibility index (Phi) is 43.1. The molecule has 2 aromatic heterocycles. The van der Waals surface area contributed by atoms with Crippen molar-refractivity contribution >= 4 is 131 Å². The molecule has 3 N–H and O–H groups in total. The van der Waals surface area contributed by atoms with E-state index in [0.717, 1.165) is 76.7 Å². The molecule has 722 valence electrons. The van der Waals surface area contributed by atoms with Crippen molar-refractivity contribution in [2.75, 3.05) is 39.9 Å².